The highest BCUT2D eigenvalue weighted by atomic mass is 32.2. The van der Waals surface area contributed by atoms with Crippen LogP contribution in [0.3, 0.4) is 0 Å². The van der Waals surface area contributed by atoms with Crippen LogP contribution in [0.2, 0.25) is 0 Å². The van der Waals surface area contributed by atoms with Crippen LogP contribution in [0.4, 0.5) is 4.79 Å². The lowest BCUT2D eigenvalue weighted by Crippen LogP contribution is -2.41. The van der Waals surface area contributed by atoms with Crippen LogP contribution in [0.25, 0.3) is 6.08 Å². The first-order valence-corrected chi connectivity index (χ1v) is 11.4. The first-order chi connectivity index (χ1) is 14.2. The van der Waals surface area contributed by atoms with Gasteiger partial charge in [-0.25, -0.2) is 4.79 Å². The Kier molecular flexibility index (Phi) is 8.06. The maximum atomic E-state index is 11.9. The zero-order valence-electron chi connectivity index (χ0n) is 19.8. The summed E-state index contributed by atoms with van der Waals surface area (Å²) >= 11 is 1.23. The molecule has 1 amide bonds. The number of amides is 1. The van der Waals surface area contributed by atoms with Crippen molar-refractivity contribution in [1.82, 2.24) is 5.32 Å². The molecule has 1 N–H and O–H groups in total. The van der Waals surface area contributed by atoms with Gasteiger partial charge in [0.15, 0.2) is 5.12 Å². The maximum Gasteiger partial charge on any atom is 0.491 e. The smallest absolute Gasteiger partial charge is 0.444 e. The molecule has 2 rings (SSSR count). The lowest BCUT2D eigenvalue weighted by molar-refractivity contribution is -0.109. The third-order valence-corrected chi connectivity index (χ3v) is 6.02. The van der Waals surface area contributed by atoms with Gasteiger partial charge in [-0.1, -0.05) is 42.1 Å². The van der Waals surface area contributed by atoms with Crippen molar-refractivity contribution in [2.45, 2.75) is 78.7 Å². The number of carbonyl (C=O) groups is 2. The summed E-state index contributed by atoms with van der Waals surface area (Å²) in [5.41, 5.74) is 1.30. The van der Waals surface area contributed by atoms with Crippen molar-refractivity contribution in [3.63, 3.8) is 0 Å². The Hall–Kier alpha value is -1.77. The van der Waals surface area contributed by atoms with Crippen molar-refractivity contribution in [3.05, 3.63) is 40.9 Å². The standard InChI is InChI=1S/C23H34BNO5S/c1-16(26)31-15-19(24-29-22(5,6)23(7,8)30-24)13-17-10-9-11-18(12-17)14-25-20(27)28-21(2,3)4/h9-13H,14-15H2,1-8H3,(H,25,27). The summed E-state index contributed by atoms with van der Waals surface area (Å²) in [5.74, 6) is 0.479. The quantitative estimate of drug-likeness (QED) is 0.619. The lowest BCUT2D eigenvalue weighted by Gasteiger charge is -2.32. The zero-order chi connectivity index (χ0) is 23.4. The normalized spacial score (nSPS) is 18.1. The Balaban J connectivity index is 2.19. The second-order valence-electron chi connectivity index (χ2n) is 9.69. The largest absolute Gasteiger partial charge is 0.491 e. The van der Waals surface area contributed by atoms with Crippen molar-refractivity contribution < 1.29 is 23.6 Å². The Morgan fingerprint density at radius 2 is 1.77 bits per heavy atom. The second-order valence-corrected chi connectivity index (χ2v) is 10.8. The molecule has 0 bridgehead atoms. The number of hydrogen-bond acceptors (Lipinski definition) is 6. The monoisotopic (exact) mass is 447 g/mol. The van der Waals surface area contributed by atoms with E-state index in [1.807, 2.05) is 78.8 Å². The van der Waals surface area contributed by atoms with E-state index >= 15 is 0 Å². The van der Waals surface area contributed by atoms with E-state index in [-0.39, 0.29) is 5.12 Å². The molecule has 1 aromatic carbocycles. The molecule has 1 aliphatic heterocycles. The molecular weight excluding hydrogens is 413 g/mol. The van der Waals surface area contributed by atoms with E-state index in [2.05, 4.69) is 5.32 Å². The van der Waals surface area contributed by atoms with E-state index in [4.69, 9.17) is 14.0 Å². The molecular formula is C23H34BNO5S. The fourth-order valence-corrected chi connectivity index (χ4v) is 3.44. The highest BCUT2D eigenvalue weighted by molar-refractivity contribution is 8.13. The molecule has 0 aliphatic carbocycles. The van der Waals surface area contributed by atoms with Gasteiger partial charge in [0.05, 0.1) is 11.2 Å². The Morgan fingerprint density at radius 3 is 2.32 bits per heavy atom. The lowest BCUT2D eigenvalue weighted by atomic mass is 9.78. The second kappa shape index (κ2) is 9.80. The molecule has 0 radical (unpaired) electrons. The Morgan fingerprint density at radius 1 is 1.16 bits per heavy atom. The van der Waals surface area contributed by atoms with Crippen molar-refractivity contribution in [3.8, 4) is 0 Å². The van der Waals surface area contributed by atoms with Crippen LogP contribution >= 0.6 is 11.8 Å². The van der Waals surface area contributed by atoms with Gasteiger partial charge in [-0.2, -0.15) is 0 Å². The van der Waals surface area contributed by atoms with Crippen molar-refractivity contribution in [2.75, 3.05) is 5.75 Å². The molecule has 8 heteroatoms. The number of ether oxygens (including phenoxy) is 1. The van der Waals surface area contributed by atoms with Crippen molar-refractivity contribution >= 4 is 36.2 Å². The first kappa shape index (κ1) is 25.5. The van der Waals surface area contributed by atoms with Gasteiger partial charge < -0.3 is 19.4 Å². The highest BCUT2D eigenvalue weighted by Crippen LogP contribution is 2.39. The molecule has 1 aromatic rings. The van der Waals surface area contributed by atoms with Crippen molar-refractivity contribution in [2.24, 2.45) is 0 Å². The van der Waals surface area contributed by atoms with E-state index in [0.29, 0.717) is 12.3 Å². The molecule has 1 fully saturated rings. The molecule has 0 spiro atoms. The minimum atomic E-state index is -0.541. The van der Waals surface area contributed by atoms with Crippen LogP contribution < -0.4 is 5.32 Å². The molecule has 170 valence electrons. The molecule has 31 heavy (non-hydrogen) atoms. The van der Waals surface area contributed by atoms with E-state index < -0.39 is 30.0 Å². The SMILES string of the molecule is CC(=O)SCC(=Cc1cccc(CNC(=O)OC(C)(C)C)c1)B1OC(C)(C)C(C)(C)O1. The predicted octanol–water partition coefficient (Wildman–Crippen LogP) is 5.01. The number of nitrogens with one attached hydrogen (secondary N) is 1. The number of rotatable bonds is 6. The molecule has 0 unspecified atom stereocenters. The summed E-state index contributed by atoms with van der Waals surface area (Å²) in [6.45, 7) is 15.4. The van der Waals surface area contributed by atoms with E-state index in [1.54, 1.807) is 6.92 Å². The van der Waals surface area contributed by atoms with Crippen LogP contribution in [0.15, 0.2) is 29.7 Å². The fraction of sp³-hybridized carbons (Fsp3) is 0.565. The number of carbonyl (C=O) groups excluding carboxylic acids is 2. The number of benzene rings is 1. The van der Waals surface area contributed by atoms with Gasteiger partial charge in [0.25, 0.3) is 0 Å². The Labute approximate surface area is 190 Å². The minimum Gasteiger partial charge on any atom is -0.444 e. The van der Waals surface area contributed by atoms with Crippen LogP contribution in [-0.4, -0.2) is 40.9 Å². The third kappa shape index (κ3) is 7.70. The number of alkyl carbamates (subject to hydrolysis) is 1. The van der Waals surface area contributed by atoms with Gasteiger partial charge >= 0.3 is 13.2 Å². The van der Waals surface area contributed by atoms with Crippen LogP contribution in [0.5, 0.6) is 0 Å². The average molecular weight is 447 g/mol. The van der Waals surface area contributed by atoms with Gasteiger partial charge in [-0.05, 0) is 65.1 Å². The number of thioether (sulfide) groups is 1. The topological polar surface area (TPSA) is 73.9 Å². The fourth-order valence-electron chi connectivity index (χ4n) is 2.85. The summed E-state index contributed by atoms with van der Waals surface area (Å²) < 4.78 is 17.7. The summed E-state index contributed by atoms with van der Waals surface area (Å²) in [6, 6.07) is 7.83. The summed E-state index contributed by atoms with van der Waals surface area (Å²) in [7, 11) is -0.527. The minimum absolute atomic E-state index is 0.0396. The molecule has 0 atom stereocenters. The molecule has 1 aliphatic rings. The summed E-state index contributed by atoms with van der Waals surface area (Å²) in [4.78, 5) is 23.5. The van der Waals surface area contributed by atoms with Crippen LogP contribution in [0.1, 0.15) is 66.5 Å². The highest BCUT2D eigenvalue weighted by Gasteiger charge is 2.52. The van der Waals surface area contributed by atoms with Gasteiger partial charge in [-0.3, -0.25) is 4.79 Å². The summed E-state index contributed by atoms with van der Waals surface area (Å²) in [5, 5.41) is 2.81. The van der Waals surface area contributed by atoms with Gasteiger partial charge in [0.1, 0.15) is 5.60 Å². The van der Waals surface area contributed by atoms with E-state index in [1.165, 1.54) is 11.8 Å². The van der Waals surface area contributed by atoms with Gasteiger partial charge in [0, 0.05) is 19.2 Å². The van der Waals surface area contributed by atoms with Crippen molar-refractivity contribution in [1.29, 1.82) is 0 Å². The molecule has 6 nitrogen and oxygen atoms in total. The average Bonchev–Trinajstić information content (AvgIpc) is 2.83. The summed E-state index contributed by atoms with van der Waals surface area (Å²) in [6.07, 6.45) is 1.54. The molecule has 1 saturated heterocycles. The van der Waals surface area contributed by atoms with E-state index in [9.17, 15) is 9.59 Å². The third-order valence-electron chi connectivity index (χ3n) is 5.14. The maximum absolute atomic E-state index is 11.9. The molecule has 1 heterocycles. The Bertz CT molecular complexity index is 829. The van der Waals surface area contributed by atoms with Crippen LogP contribution in [0, 0.1) is 0 Å². The van der Waals surface area contributed by atoms with Gasteiger partial charge in [-0.15, -0.1) is 0 Å². The molecule has 0 saturated carbocycles. The van der Waals surface area contributed by atoms with Crippen LogP contribution in [-0.2, 0) is 25.4 Å². The zero-order valence-corrected chi connectivity index (χ0v) is 20.6. The first-order valence-electron chi connectivity index (χ1n) is 10.4. The predicted molar refractivity (Wildman–Crippen MR) is 127 cm³/mol. The number of hydrogen-bond donors (Lipinski definition) is 1. The molecule has 0 aromatic heterocycles. The van der Waals surface area contributed by atoms with E-state index in [0.717, 1.165) is 16.6 Å². The van der Waals surface area contributed by atoms with Gasteiger partial charge in [0.2, 0.25) is 0 Å².